The molecule has 0 saturated heterocycles. The van der Waals surface area contributed by atoms with Gasteiger partial charge in [-0.25, -0.2) is 4.98 Å². The van der Waals surface area contributed by atoms with Gasteiger partial charge in [-0.1, -0.05) is 17.7 Å². The molecule has 0 aliphatic heterocycles. The molecule has 2 heterocycles. The minimum Gasteiger partial charge on any atom is -0.340 e. The number of pyridine rings is 2. The monoisotopic (exact) mass is 402 g/mol. The molecule has 4 aromatic rings. The third kappa shape index (κ3) is 4.52. The standard InChI is InChI=1S/C23H19ClN4O/c1-15(29)27-20-6-7-21-17(12-16-8-10-25-11-9-16)14-26-23(22(21)13-20)28-19-4-2-18(24)3-5-19/h2-11,13-14H,12H2,1H3,(H,26,28)(H,27,29). The van der Waals surface area contributed by atoms with Crippen molar-refractivity contribution in [2.45, 2.75) is 13.3 Å². The molecule has 2 aromatic heterocycles. The highest BCUT2D eigenvalue weighted by atomic mass is 35.5. The predicted molar refractivity (Wildman–Crippen MR) is 118 cm³/mol. The molecule has 1 amide bonds. The number of fused-ring (bicyclic) bond motifs is 1. The van der Waals surface area contributed by atoms with Crippen LogP contribution in [0.5, 0.6) is 0 Å². The highest BCUT2D eigenvalue weighted by Crippen LogP contribution is 2.31. The highest BCUT2D eigenvalue weighted by Gasteiger charge is 2.11. The molecule has 29 heavy (non-hydrogen) atoms. The third-order valence-corrected chi connectivity index (χ3v) is 4.79. The number of aromatic nitrogens is 2. The second-order valence-electron chi connectivity index (χ2n) is 6.74. The first-order valence-electron chi connectivity index (χ1n) is 9.19. The van der Waals surface area contributed by atoms with Gasteiger partial charge in [0.25, 0.3) is 0 Å². The number of halogens is 1. The number of hydrogen-bond acceptors (Lipinski definition) is 4. The number of benzene rings is 2. The number of carbonyl (C=O) groups excluding carboxylic acids is 1. The fourth-order valence-electron chi connectivity index (χ4n) is 3.21. The van der Waals surface area contributed by atoms with Gasteiger partial charge in [0, 0.05) is 47.3 Å². The molecule has 0 fully saturated rings. The van der Waals surface area contributed by atoms with Crippen LogP contribution in [0.4, 0.5) is 17.2 Å². The van der Waals surface area contributed by atoms with Crippen molar-refractivity contribution in [3.8, 4) is 0 Å². The van der Waals surface area contributed by atoms with Gasteiger partial charge in [-0.2, -0.15) is 0 Å². The Morgan fingerprint density at radius 2 is 1.69 bits per heavy atom. The fraction of sp³-hybridized carbons (Fsp3) is 0.0870. The van der Waals surface area contributed by atoms with Crippen molar-refractivity contribution in [2.24, 2.45) is 0 Å². The number of amides is 1. The van der Waals surface area contributed by atoms with Crippen LogP contribution in [0.2, 0.25) is 5.02 Å². The van der Waals surface area contributed by atoms with Crippen molar-refractivity contribution in [3.63, 3.8) is 0 Å². The zero-order valence-electron chi connectivity index (χ0n) is 15.8. The molecule has 0 radical (unpaired) electrons. The van der Waals surface area contributed by atoms with E-state index in [1.54, 1.807) is 12.4 Å². The van der Waals surface area contributed by atoms with E-state index in [9.17, 15) is 4.79 Å². The molecule has 0 aliphatic carbocycles. The Balaban J connectivity index is 1.78. The summed E-state index contributed by atoms with van der Waals surface area (Å²) in [5.74, 6) is 0.602. The SMILES string of the molecule is CC(=O)Nc1ccc2c(Cc3ccncc3)cnc(Nc3ccc(Cl)cc3)c2c1. The summed E-state index contributed by atoms with van der Waals surface area (Å²) >= 11 is 5.99. The maximum absolute atomic E-state index is 11.5. The van der Waals surface area contributed by atoms with Gasteiger partial charge in [0.2, 0.25) is 5.91 Å². The highest BCUT2D eigenvalue weighted by molar-refractivity contribution is 6.30. The van der Waals surface area contributed by atoms with Crippen LogP contribution in [0.15, 0.2) is 73.2 Å². The van der Waals surface area contributed by atoms with Gasteiger partial charge < -0.3 is 10.6 Å². The Morgan fingerprint density at radius 3 is 2.41 bits per heavy atom. The molecular formula is C23H19ClN4O. The van der Waals surface area contributed by atoms with E-state index >= 15 is 0 Å². The van der Waals surface area contributed by atoms with Gasteiger partial charge >= 0.3 is 0 Å². The first kappa shape index (κ1) is 18.9. The summed E-state index contributed by atoms with van der Waals surface area (Å²) in [6.07, 6.45) is 6.21. The summed E-state index contributed by atoms with van der Waals surface area (Å²) in [6.45, 7) is 1.50. The van der Waals surface area contributed by atoms with Crippen LogP contribution in [0.25, 0.3) is 10.8 Å². The van der Waals surface area contributed by atoms with E-state index < -0.39 is 0 Å². The number of rotatable bonds is 5. The molecule has 4 rings (SSSR count). The lowest BCUT2D eigenvalue weighted by Crippen LogP contribution is -2.06. The van der Waals surface area contributed by atoms with Crippen molar-refractivity contribution in [1.82, 2.24) is 9.97 Å². The lowest BCUT2D eigenvalue weighted by atomic mass is 10.0. The number of carbonyl (C=O) groups is 1. The van der Waals surface area contributed by atoms with Crippen LogP contribution < -0.4 is 10.6 Å². The number of anilines is 3. The summed E-state index contributed by atoms with van der Waals surface area (Å²) in [5, 5.41) is 8.87. The summed E-state index contributed by atoms with van der Waals surface area (Å²) in [7, 11) is 0. The number of nitrogens with zero attached hydrogens (tertiary/aromatic N) is 2. The Morgan fingerprint density at radius 1 is 0.966 bits per heavy atom. The number of nitrogens with one attached hydrogen (secondary N) is 2. The average molecular weight is 403 g/mol. The van der Waals surface area contributed by atoms with Crippen LogP contribution in [0.1, 0.15) is 18.1 Å². The molecule has 0 unspecified atom stereocenters. The maximum Gasteiger partial charge on any atom is 0.221 e. The average Bonchev–Trinajstić information content (AvgIpc) is 2.72. The van der Waals surface area contributed by atoms with E-state index in [0.717, 1.165) is 39.7 Å². The van der Waals surface area contributed by atoms with E-state index in [-0.39, 0.29) is 5.91 Å². The topological polar surface area (TPSA) is 66.9 Å². The molecule has 2 aromatic carbocycles. The van der Waals surface area contributed by atoms with E-state index in [1.165, 1.54) is 6.92 Å². The normalized spacial score (nSPS) is 10.7. The molecule has 0 aliphatic rings. The van der Waals surface area contributed by atoms with Crippen LogP contribution >= 0.6 is 11.6 Å². The molecule has 2 N–H and O–H groups in total. The minimum atomic E-state index is -0.113. The zero-order chi connectivity index (χ0) is 20.2. The Kier molecular flexibility index (Phi) is 5.40. The number of hydrogen-bond donors (Lipinski definition) is 2. The first-order chi connectivity index (χ1) is 14.1. The van der Waals surface area contributed by atoms with Crippen LogP contribution in [-0.2, 0) is 11.2 Å². The lowest BCUT2D eigenvalue weighted by molar-refractivity contribution is -0.114. The Labute approximate surface area is 173 Å². The van der Waals surface area contributed by atoms with Gasteiger partial charge in [-0.3, -0.25) is 9.78 Å². The summed E-state index contributed by atoms with van der Waals surface area (Å²) in [6, 6.07) is 17.3. The van der Waals surface area contributed by atoms with Crippen molar-refractivity contribution >= 4 is 45.5 Å². The smallest absolute Gasteiger partial charge is 0.221 e. The summed E-state index contributed by atoms with van der Waals surface area (Å²) in [5.41, 5.74) is 3.87. The van der Waals surface area contributed by atoms with Crippen molar-refractivity contribution < 1.29 is 4.79 Å². The Bertz CT molecular complexity index is 1160. The molecule has 144 valence electrons. The van der Waals surface area contributed by atoms with E-state index in [1.807, 2.05) is 60.8 Å². The van der Waals surface area contributed by atoms with Gasteiger partial charge in [-0.15, -0.1) is 0 Å². The third-order valence-electron chi connectivity index (χ3n) is 4.54. The van der Waals surface area contributed by atoms with Gasteiger partial charge in [0.15, 0.2) is 0 Å². The second-order valence-corrected chi connectivity index (χ2v) is 7.17. The van der Waals surface area contributed by atoms with Crippen molar-refractivity contribution in [1.29, 1.82) is 0 Å². The van der Waals surface area contributed by atoms with Gasteiger partial charge in [0.1, 0.15) is 5.82 Å². The largest absolute Gasteiger partial charge is 0.340 e. The molecule has 0 atom stereocenters. The van der Waals surface area contributed by atoms with E-state index in [4.69, 9.17) is 11.6 Å². The second kappa shape index (κ2) is 8.29. The van der Waals surface area contributed by atoms with Crippen molar-refractivity contribution in [3.05, 3.63) is 89.3 Å². The van der Waals surface area contributed by atoms with E-state index in [2.05, 4.69) is 20.6 Å². The first-order valence-corrected chi connectivity index (χ1v) is 9.57. The van der Waals surface area contributed by atoms with Gasteiger partial charge in [-0.05, 0) is 71.5 Å². The fourth-order valence-corrected chi connectivity index (χ4v) is 3.34. The lowest BCUT2D eigenvalue weighted by Gasteiger charge is -2.14. The van der Waals surface area contributed by atoms with E-state index in [0.29, 0.717) is 10.8 Å². The zero-order valence-corrected chi connectivity index (χ0v) is 16.6. The molecule has 0 bridgehead atoms. The molecule has 0 saturated carbocycles. The van der Waals surface area contributed by atoms with Crippen molar-refractivity contribution in [2.75, 3.05) is 10.6 Å². The molecule has 6 heteroatoms. The summed E-state index contributed by atoms with van der Waals surface area (Å²) < 4.78 is 0. The quantitative estimate of drug-likeness (QED) is 0.457. The maximum atomic E-state index is 11.5. The van der Waals surface area contributed by atoms with Crippen LogP contribution in [-0.4, -0.2) is 15.9 Å². The summed E-state index contributed by atoms with van der Waals surface area (Å²) in [4.78, 5) is 20.3. The molecule has 0 spiro atoms. The van der Waals surface area contributed by atoms with Gasteiger partial charge in [0.05, 0.1) is 0 Å². The molecule has 5 nitrogen and oxygen atoms in total. The van der Waals surface area contributed by atoms with Crippen LogP contribution in [0, 0.1) is 0 Å². The van der Waals surface area contributed by atoms with Crippen LogP contribution in [0.3, 0.4) is 0 Å². The minimum absolute atomic E-state index is 0.113. The Hall–Kier alpha value is -3.44. The molecular weight excluding hydrogens is 384 g/mol. The predicted octanol–water partition coefficient (Wildman–Crippen LogP) is 5.58.